The highest BCUT2D eigenvalue weighted by atomic mass is 35.5. The largest absolute Gasteiger partial charge is 0.350 e. The van der Waals surface area contributed by atoms with Crippen molar-refractivity contribution in [2.24, 2.45) is 5.73 Å². The van der Waals surface area contributed by atoms with Crippen molar-refractivity contribution in [1.29, 1.82) is 0 Å². The third-order valence-corrected chi connectivity index (χ3v) is 7.06. The molecule has 0 fully saturated rings. The summed E-state index contributed by atoms with van der Waals surface area (Å²) in [4.78, 5) is 25.0. The summed E-state index contributed by atoms with van der Waals surface area (Å²) in [5.41, 5.74) is 6.10. The molecule has 0 aliphatic carbocycles. The van der Waals surface area contributed by atoms with Crippen molar-refractivity contribution in [3.63, 3.8) is 0 Å². The molecule has 1 aliphatic rings. The molecule has 3 rings (SSSR count). The lowest BCUT2D eigenvalue weighted by Crippen LogP contribution is -2.49. The van der Waals surface area contributed by atoms with Crippen molar-refractivity contribution in [2.45, 2.75) is 42.0 Å². The molecule has 2 aromatic rings. The maximum atomic E-state index is 12.9. The fourth-order valence-corrected chi connectivity index (χ4v) is 4.76. The summed E-state index contributed by atoms with van der Waals surface area (Å²) < 4.78 is 25.8. The molecule has 3 N–H and O–H groups in total. The van der Waals surface area contributed by atoms with Crippen LogP contribution in [0.15, 0.2) is 52.3 Å². The van der Waals surface area contributed by atoms with Gasteiger partial charge in [0.15, 0.2) is 5.78 Å². The summed E-state index contributed by atoms with van der Waals surface area (Å²) in [7, 11) is -3.87. The third kappa shape index (κ3) is 3.70. The molecule has 1 aliphatic heterocycles. The van der Waals surface area contributed by atoms with E-state index >= 15 is 0 Å². The number of rotatable bonds is 5. The lowest BCUT2D eigenvalue weighted by molar-refractivity contribution is 0.0940. The molecule has 1 heterocycles. The normalized spacial score (nSPS) is 14.5. The van der Waals surface area contributed by atoms with Gasteiger partial charge in [-0.2, -0.15) is 0 Å². The topological polar surface area (TPSA) is 106 Å². The first kappa shape index (κ1) is 22.1. The van der Waals surface area contributed by atoms with Crippen molar-refractivity contribution < 1.29 is 18.0 Å². The molecule has 0 saturated heterocycles. The van der Waals surface area contributed by atoms with E-state index in [0.29, 0.717) is 12.8 Å². The van der Waals surface area contributed by atoms with Gasteiger partial charge in [0.2, 0.25) is 9.84 Å². The molecule has 0 aromatic heterocycles. The molecule has 0 atom stereocenters. The van der Waals surface area contributed by atoms with Crippen LogP contribution >= 0.6 is 12.4 Å². The molecular formula is C20H23ClN2O4S. The Labute approximate surface area is 170 Å². The molecule has 150 valence electrons. The van der Waals surface area contributed by atoms with Crippen LogP contribution in [0.5, 0.6) is 0 Å². The molecule has 8 heteroatoms. The zero-order valence-electron chi connectivity index (χ0n) is 15.7. The molecule has 1 amide bonds. The second-order valence-electron chi connectivity index (χ2n) is 6.79. The van der Waals surface area contributed by atoms with E-state index in [1.165, 1.54) is 30.3 Å². The maximum Gasteiger partial charge on any atom is 0.251 e. The van der Waals surface area contributed by atoms with Crippen LogP contribution in [0.25, 0.3) is 0 Å². The Bertz CT molecular complexity index is 1030. The van der Waals surface area contributed by atoms with E-state index in [0.717, 1.165) is 0 Å². The molecule has 0 unspecified atom stereocenters. The van der Waals surface area contributed by atoms with Crippen LogP contribution in [0.3, 0.4) is 0 Å². The van der Waals surface area contributed by atoms with Gasteiger partial charge in [0.1, 0.15) is 0 Å². The zero-order valence-corrected chi connectivity index (χ0v) is 17.3. The Balaban J connectivity index is 0.00000280. The third-order valence-electron chi connectivity index (χ3n) is 5.21. The number of nitrogens with two attached hydrogens (primary N) is 1. The van der Waals surface area contributed by atoms with Crippen LogP contribution in [0.4, 0.5) is 0 Å². The quantitative estimate of drug-likeness (QED) is 0.657. The smallest absolute Gasteiger partial charge is 0.251 e. The van der Waals surface area contributed by atoms with Gasteiger partial charge in [0.25, 0.3) is 5.91 Å². The summed E-state index contributed by atoms with van der Waals surface area (Å²) in [6, 6.07) is 10.2. The minimum atomic E-state index is -3.87. The Morgan fingerprint density at radius 1 is 1.04 bits per heavy atom. The second kappa shape index (κ2) is 8.03. The fraction of sp³-hybridized carbons (Fsp3) is 0.300. The first-order valence-corrected chi connectivity index (χ1v) is 10.3. The highest BCUT2D eigenvalue weighted by molar-refractivity contribution is 7.91. The first-order chi connectivity index (χ1) is 12.7. The van der Waals surface area contributed by atoms with Crippen molar-refractivity contribution in [2.75, 3.05) is 6.54 Å². The van der Waals surface area contributed by atoms with Crippen molar-refractivity contribution >= 4 is 33.9 Å². The van der Waals surface area contributed by atoms with Gasteiger partial charge in [0, 0.05) is 28.8 Å². The second-order valence-corrected chi connectivity index (χ2v) is 8.68. The minimum absolute atomic E-state index is 0. The van der Waals surface area contributed by atoms with Crippen LogP contribution in [-0.4, -0.2) is 32.2 Å². The lowest BCUT2D eigenvalue weighted by atomic mass is 9.94. The lowest BCUT2D eigenvalue weighted by Gasteiger charge is -2.27. The Hall–Kier alpha value is -2.22. The molecule has 0 radical (unpaired) electrons. The van der Waals surface area contributed by atoms with Gasteiger partial charge >= 0.3 is 0 Å². The number of nitrogens with one attached hydrogen (secondary N) is 1. The van der Waals surface area contributed by atoms with Crippen LogP contribution in [0.2, 0.25) is 0 Å². The zero-order chi connectivity index (χ0) is 19.8. The Kier molecular flexibility index (Phi) is 6.33. The number of sulfone groups is 1. The van der Waals surface area contributed by atoms with Crippen molar-refractivity contribution in [1.82, 2.24) is 5.32 Å². The number of carbonyl (C=O) groups excluding carboxylic acids is 2. The summed E-state index contributed by atoms with van der Waals surface area (Å²) in [6.45, 7) is 4.18. The average Bonchev–Trinajstić information content (AvgIpc) is 2.70. The van der Waals surface area contributed by atoms with Gasteiger partial charge in [-0.3, -0.25) is 9.59 Å². The van der Waals surface area contributed by atoms with E-state index in [-0.39, 0.29) is 51.2 Å². The monoisotopic (exact) mass is 422 g/mol. The van der Waals surface area contributed by atoms with E-state index in [4.69, 9.17) is 5.73 Å². The van der Waals surface area contributed by atoms with Gasteiger partial charge in [0.05, 0.1) is 9.79 Å². The van der Waals surface area contributed by atoms with E-state index in [1.807, 2.05) is 13.8 Å². The van der Waals surface area contributed by atoms with E-state index in [2.05, 4.69) is 5.32 Å². The molecule has 6 nitrogen and oxygen atoms in total. The SMILES string of the molecule is CCC(N)(CC)CNC(=O)c1ccc2c(c1)S(=O)(=O)c1ccccc1C2=O.Cl. The Morgan fingerprint density at radius 3 is 2.29 bits per heavy atom. The number of fused-ring (bicyclic) bond motifs is 2. The number of benzene rings is 2. The van der Waals surface area contributed by atoms with Gasteiger partial charge in [-0.25, -0.2) is 8.42 Å². The van der Waals surface area contributed by atoms with E-state index in [9.17, 15) is 18.0 Å². The standard InChI is InChI=1S/C20H22N2O4S.ClH/c1-3-20(21,4-2)12-22-19(24)13-9-10-15-17(11-13)27(25,26)16-8-6-5-7-14(16)18(15)23;/h5-11H,3-4,12,21H2,1-2H3,(H,22,24);1H. The molecule has 0 bridgehead atoms. The first-order valence-electron chi connectivity index (χ1n) is 8.83. The van der Waals surface area contributed by atoms with E-state index < -0.39 is 21.3 Å². The molecule has 0 spiro atoms. The number of amides is 1. The molecule has 0 saturated carbocycles. The van der Waals surface area contributed by atoms with Crippen LogP contribution < -0.4 is 11.1 Å². The number of hydrogen-bond acceptors (Lipinski definition) is 5. The number of ketones is 1. The summed E-state index contributed by atoms with van der Waals surface area (Å²) >= 11 is 0. The van der Waals surface area contributed by atoms with Crippen LogP contribution in [-0.2, 0) is 9.84 Å². The number of halogens is 1. The van der Waals surface area contributed by atoms with Gasteiger partial charge in [-0.15, -0.1) is 12.4 Å². The van der Waals surface area contributed by atoms with Gasteiger partial charge in [-0.05, 0) is 43.2 Å². The fourth-order valence-electron chi connectivity index (χ4n) is 3.08. The van der Waals surface area contributed by atoms with E-state index in [1.54, 1.807) is 12.1 Å². The highest BCUT2D eigenvalue weighted by Gasteiger charge is 2.35. The Morgan fingerprint density at radius 2 is 1.64 bits per heavy atom. The maximum absolute atomic E-state index is 12.9. The molecule has 2 aromatic carbocycles. The number of carbonyl (C=O) groups is 2. The summed E-state index contributed by atoms with van der Waals surface area (Å²) in [5, 5.41) is 2.76. The summed E-state index contributed by atoms with van der Waals surface area (Å²) in [6.07, 6.45) is 1.40. The van der Waals surface area contributed by atoms with Gasteiger partial charge < -0.3 is 11.1 Å². The number of hydrogen-bond donors (Lipinski definition) is 2. The van der Waals surface area contributed by atoms with Crippen molar-refractivity contribution in [3.8, 4) is 0 Å². The summed E-state index contributed by atoms with van der Waals surface area (Å²) in [5.74, 6) is -0.781. The van der Waals surface area contributed by atoms with Crippen LogP contribution in [0.1, 0.15) is 53.0 Å². The van der Waals surface area contributed by atoms with Crippen LogP contribution in [0, 0.1) is 0 Å². The molecule has 28 heavy (non-hydrogen) atoms. The predicted octanol–water partition coefficient (Wildman–Crippen LogP) is 2.73. The van der Waals surface area contributed by atoms with Gasteiger partial charge in [-0.1, -0.05) is 26.0 Å². The molecular weight excluding hydrogens is 400 g/mol. The average molecular weight is 423 g/mol. The minimum Gasteiger partial charge on any atom is -0.350 e. The predicted molar refractivity (Wildman–Crippen MR) is 109 cm³/mol. The van der Waals surface area contributed by atoms with Crippen molar-refractivity contribution in [3.05, 3.63) is 59.2 Å². The highest BCUT2D eigenvalue weighted by Crippen LogP contribution is 2.34.